The monoisotopic (exact) mass is 342 g/mol. The quantitative estimate of drug-likeness (QED) is 0.478. The number of thiocarbonyl (C=S) groups is 1. The van der Waals surface area contributed by atoms with Crippen LogP contribution >= 0.6 is 23.6 Å². The van der Waals surface area contributed by atoms with E-state index in [1.807, 2.05) is 48.7 Å². The number of anilines is 1. The molecule has 0 bridgehead atoms. The zero-order valence-corrected chi connectivity index (χ0v) is 14.3. The summed E-state index contributed by atoms with van der Waals surface area (Å²) < 4.78 is 0. The minimum atomic E-state index is -0.393. The van der Waals surface area contributed by atoms with Gasteiger partial charge in [0, 0.05) is 11.9 Å². The van der Waals surface area contributed by atoms with Gasteiger partial charge in [-0.25, -0.2) is 0 Å². The Hall–Kier alpha value is -2.31. The molecule has 116 valence electrons. The van der Waals surface area contributed by atoms with E-state index in [2.05, 4.69) is 0 Å². The summed E-state index contributed by atoms with van der Waals surface area (Å²) in [4.78, 5) is 28.8. The molecule has 0 aliphatic carbocycles. The van der Waals surface area contributed by atoms with E-state index in [1.54, 1.807) is 13.1 Å². The molecule has 0 atom stereocenters. The Labute approximate surface area is 143 Å². The van der Waals surface area contributed by atoms with Gasteiger partial charge in [0.1, 0.15) is 5.57 Å². The fraction of sp³-hybridized carbons (Fsp3) is 0.118. The van der Waals surface area contributed by atoms with E-state index < -0.39 is 5.91 Å². The average molecular weight is 342 g/mol. The third-order valence-electron chi connectivity index (χ3n) is 3.57. The van der Waals surface area contributed by atoms with Crippen LogP contribution in [0.4, 0.5) is 5.69 Å². The molecule has 0 saturated carbocycles. The van der Waals surface area contributed by atoms with E-state index in [-0.39, 0.29) is 16.6 Å². The predicted octanol–water partition coefficient (Wildman–Crippen LogP) is 3.23. The van der Waals surface area contributed by atoms with E-state index in [9.17, 15) is 9.59 Å². The maximum Gasteiger partial charge on any atom is 0.270 e. The number of thiophene rings is 1. The van der Waals surface area contributed by atoms with Gasteiger partial charge in [0.2, 0.25) is 0 Å². The van der Waals surface area contributed by atoms with Gasteiger partial charge in [0.15, 0.2) is 5.11 Å². The number of benzene rings is 1. The molecule has 1 aliphatic rings. The van der Waals surface area contributed by atoms with Crippen molar-refractivity contribution in [2.45, 2.75) is 6.92 Å². The molecule has 1 fully saturated rings. The summed E-state index contributed by atoms with van der Waals surface area (Å²) >= 11 is 6.78. The molecule has 0 N–H and O–H groups in total. The molecule has 0 spiro atoms. The molecule has 0 radical (unpaired) electrons. The fourth-order valence-corrected chi connectivity index (χ4v) is 3.21. The van der Waals surface area contributed by atoms with E-state index in [0.717, 1.165) is 10.4 Å². The van der Waals surface area contributed by atoms with Gasteiger partial charge in [-0.05, 0) is 48.8 Å². The normalized spacial score (nSPS) is 17.3. The van der Waals surface area contributed by atoms with Crippen molar-refractivity contribution < 1.29 is 9.59 Å². The number of likely N-dealkylation sites (N-methyl/N-ethyl adjacent to an activating group) is 1. The van der Waals surface area contributed by atoms with Gasteiger partial charge in [0.05, 0.1) is 5.69 Å². The highest BCUT2D eigenvalue weighted by atomic mass is 32.1. The van der Waals surface area contributed by atoms with Crippen LogP contribution in [0.3, 0.4) is 0 Å². The van der Waals surface area contributed by atoms with Gasteiger partial charge < -0.3 is 0 Å². The maximum atomic E-state index is 12.8. The third-order valence-corrected chi connectivity index (χ3v) is 4.84. The van der Waals surface area contributed by atoms with Gasteiger partial charge >= 0.3 is 0 Å². The highest BCUT2D eigenvalue weighted by Gasteiger charge is 2.38. The molecular weight excluding hydrogens is 328 g/mol. The Bertz CT molecular complexity index is 808. The number of carbonyl (C=O) groups is 2. The smallest absolute Gasteiger partial charge is 0.270 e. The molecule has 0 unspecified atom stereocenters. The van der Waals surface area contributed by atoms with Gasteiger partial charge in [-0.3, -0.25) is 19.4 Å². The number of rotatable bonds is 2. The van der Waals surface area contributed by atoms with Crippen molar-refractivity contribution in [1.29, 1.82) is 0 Å². The van der Waals surface area contributed by atoms with Crippen molar-refractivity contribution in [2.75, 3.05) is 11.9 Å². The van der Waals surface area contributed by atoms with Crippen molar-refractivity contribution in [3.63, 3.8) is 0 Å². The van der Waals surface area contributed by atoms with Crippen molar-refractivity contribution in [3.8, 4) is 0 Å². The number of hydrogen-bond donors (Lipinski definition) is 0. The maximum absolute atomic E-state index is 12.8. The number of aryl methyl sites for hydroxylation is 1. The molecule has 3 rings (SSSR count). The van der Waals surface area contributed by atoms with Crippen LogP contribution in [0.25, 0.3) is 6.08 Å². The molecule has 23 heavy (non-hydrogen) atoms. The van der Waals surface area contributed by atoms with Crippen molar-refractivity contribution in [2.24, 2.45) is 0 Å². The first-order valence-electron chi connectivity index (χ1n) is 6.97. The van der Waals surface area contributed by atoms with E-state index >= 15 is 0 Å². The second-order valence-corrected chi connectivity index (χ2v) is 6.54. The fourth-order valence-electron chi connectivity index (χ4n) is 2.28. The Morgan fingerprint density at radius 2 is 1.78 bits per heavy atom. The molecule has 1 aromatic carbocycles. The zero-order chi connectivity index (χ0) is 16.6. The molecule has 6 heteroatoms. The van der Waals surface area contributed by atoms with Crippen LogP contribution in [0.2, 0.25) is 0 Å². The molecule has 4 nitrogen and oxygen atoms in total. The first-order chi connectivity index (χ1) is 11.0. The molecule has 2 amide bonds. The van der Waals surface area contributed by atoms with Gasteiger partial charge in [-0.1, -0.05) is 23.8 Å². The molecule has 1 saturated heterocycles. The molecule has 1 aromatic heterocycles. The summed E-state index contributed by atoms with van der Waals surface area (Å²) in [5.74, 6) is -0.771. The first kappa shape index (κ1) is 15.6. The Morgan fingerprint density at radius 1 is 1.09 bits per heavy atom. The number of nitrogens with zero attached hydrogens (tertiary/aromatic N) is 2. The highest BCUT2D eigenvalue weighted by Crippen LogP contribution is 2.26. The summed E-state index contributed by atoms with van der Waals surface area (Å²) in [6.07, 6.45) is 1.62. The van der Waals surface area contributed by atoms with Crippen LogP contribution in [-0.2, 0) is 9.59 Å². The Morgan fingerprint density at radius 3 is 2.39 bits per heavy atom. The number of carbonyl (C=O) groups excluding carboxylic acids is 2. The topological polar surface area (TPSA) is 40.6 Å². The Balaban J connectivity index is 2.06. The minimum Gasteiger partial charge on any atom is -0.287 e. The predicted molar refractivity (Wildman–Crippen MR) is 96.3 cm³/mol. The summed E-state index contributed by atoms with van der Waals surface area (Å²) in [7, 11) is 1.58. The average Bonchev–Trinajstić information content (AvgIpc) is 3.05. The zero-order valence-electron chi connectivity index (χ0n) is 12.6. The number of amides is 2. The van der Waals surface area contributed by atoms with Gasteiger partial charge in [-0.2, -0.15) is 0 Å². The molecule has 2 heterocycles. The lowest BCUT2D eigenvalue weighted by molar-refractivity contribution is -0.127. The van der Waals surface area contributed by atoms with Crippen LogP contribution in [0, 0.1) is 6.92 Å². The minimum absolute atomic E-state index is 0.115. The van der Waals surface area contributed by atoms with Crippen LogP contribution < -0.4 is 4.90 Å². The summed E-state index contributed by atoms with van der Waals surface area (Å²) in [5.41, 5.74) is 1.86. The van der Waals surface area contributed by atoms with Crippen molar-refractivity contribution >= 4 is 52.2 Å². The van der Waals surface area contributed by atoms with Gasteiger partial charge in [0.25, 0.3) is 11.8 Å². The van der Waals surface area contributed by atoms with Crippen LogP contribution in [0.1, 0.15) is 10.4 Å². The lowest BCUT2D eigenvalue weighted by Gasteiger charge is -2.34. The summed E-state index contributed by atoms with van der Waals surface area (Å²) in [6.45, 7) is 1.97. The van der Waals surface area contributed by atoms with Crippen molar-refractivity contribution in [1.82, 2.24) is 4.90 Å². The third kappa shape index (κ3) is 2.83. The van der Waals surface area contributed by atoms with Crippen LogP contribution in [0.15, 0.2) is 47.4 Å². The lowest BCUT2D eigenvalue weighted by Crippen LogP contribution is -2.54. The summed E-state index contributed by atoms with van der Waals surface area (Å²) in [5, 5.41) is 2.09. The Kier molecular flexibility index (Phi) is 4.11. The molecular formula is C17H14N2O2S2. The van der Waals surface area contributed by atoms with E-state index in [0.29, 0.717) is 5.69 Å². The second-order valence-electron chi connectivity index (χ2n) is 5.20. The van der Waals surface area contributed by atoms with Crippen LogP contribution in [-0.4, -0.2) is 28.9 Å². The lowest BCUT2D eigenvalue weighted by atomic mass is 10.1. The van der Waals surface area contributed by atoms with Crippen LogP contribution in [0.5, 0.6) is 0 Å². The van der Waals surface area contributed by atoms with E-state index in [4.69, 9.17) is 12.2 Å². The molecule has 2 aromatic rings. The second kappa shape index (κ2) is 6.06. The van der Waals surface area contributed by atoms with Gasteiger partial charge in [-0.15, -0.1) is 11.3 Å². The largest absolute Gasteiger partial charge is 0.287 e. The first-order valence-corrected chi connectivity index (χ1v) is 8.26. The summed E-state index contributed by atoms with van der Waals surface area (Å²) in [6, 6.07) is 11.2. The standard InChI is InChI=1S/C17H14N2O2S2/c1-11-5-7-12(8-6-11)19-16(21)14(10-13-4-3-9-23-13)15(20)18(2)17(19)22/h3-10H,1-2H3. The highest BCUT2D eigenvalue weighted by molar-refractivity contribution is 7.80. The SMILES string of the molecule is Cc1ccc(N2C(=O)C(=Cc3cccs3)C(=O)N(C)C2=S)cc1. The molecule has 1 aliphatic heterocycles. The van der Waals surface area contributed by atoms with E-state index in [1.165, 1.54) is 21.1 Å². The van der Waals surface area contributed by atoms with Crippen molar-refractivity contribution in [3.05, 3.63) is 57.8 Å². The number of hydrogen-bond acceptors (Lipinski definition) is 4.